The van der Waals surface area contributed by atoms with Crippen molar-refractivity contribution in [3.8, 4) is 5.75 Å². The fourth-order valence-electron chi connectivity index (χ4n) is 4.27. The van der Waals surface area contributed by atoms with Gasteiger partial charge in [0.25, 0.3) is 0 Å². The maximum Gasteiger partial charge on any atom is 0.243 e. The SMILES string of the molecule is COCCCN(CC(=O)N1CCc2sccc2C1COc1ccccc1F)S(=O)(=O)c1ccc(Cl)cc1. The molecule has 3 aromatic rings. The maximum atomic E-state index is 14.2. The Bertz CT molecular complexity index is 1320. The highest BCUT2D eigenvalue weighted by molar-refractivity contribution is 7.89. The Morgan fingerprint density at radius 1 is 1.19 bits per heavy atom. The summed E-state index contributed by atoms with van der Waals surface area (Å²) in [6.07, 6.45) is 1.08. The number of nitrogens with zero attached hydrogens (tertiary/aromatic N) is 2. The van der Waals surface area contributed by atoms with Gasteiger partial charge in [0, 0.05) is 36.7 Å². The van der Waals surface area contributed by atoms with E-state index < -0.39 is 21.9 Å². The van der Waals surface area contributed by atoms with Crippen LogP contribution in [0.15, 0.2) is 64.9 Å². The predicted molar refractivity (Wildman–Crippen MR) is 141 cm³/mol. The van der Waals surface area contributed by atoms with Gasteiger partial charge in [0.05, 0.1) is 17.5 Å². The third kappa shape index (κ3) is 6.50. The van der Waals surface area contributed by atoms with Crippen LogP contribution in [0.1, 0.15) is 22.9 Å². The number of thiophene rings is 1. The zero-order valence-electron chi connectivity index (χ0n) is 20.3. The van der Waals surface area contributed by atoms with E-state index in [0.717, 1.165) is 10.4 Å². The first-order valence-corrected chi connectivity index (χ1v) is 14.5. The summed E-state index contributed by atoms with van der Waals surface area (Å²) in [5.74, 6) is -0.738. The number of sulfonamides is 1. The largest absolute Gasteiger partial charge is 0.488 e. The van der Waals surface area contributed by atoms with Gasteiger partial charge in [0.2, 0.25) is 15.9 Å². The van der Waals surface area contributed by atoms with Gasteiger partial charge in [-0.2, -0.15) is 4.31 Å². The van der Waals surface area contributed by atoms with Crippen molar-refractivity contribution < 1.29 is 27.1 Å². The van der Waals surface area contributed by atoms with Crippen molar-refractivity contribution in [3.05, 3.63) is 81.3 Å². The van der Waals surface area contributed by atoms with E-state index in [2.05, 4.69) is 0 Å². The third-order valence-corrected chi connectivity index (χ3v) is 9.28. The number of para-hydroxylation sites is 1. The lowest BCUT2D eigenvalue weighted by Gasteiger charge is -2.37. The molecular weight excluding hydrogens is 539 g/mol. The summed E-state index contributed by atoms with van der Waals surface area (Å²) in [6, 6.07) is 13.4. The lowest BCUT2D eigenvalue weighted by molar-refractivity contribution is -0.135. The Hall–Kier alpha value is -2.50. The Balaban J connectivity index is 1.57. The van der Waals surface area contributed by atoms with Crippen molar-refractivity contribution in [1.29, 1.82) is 0 Å². The monoisotopic (exact) mass is 566 g/mol. The lowest BCUT2D eigenvalue weighted by Crippen LogP contribution is -2.48. The van der Waals surface area contributed by atoms with E-state index in [1.807, 2.05) is 11.4 Å². The van der Waals surface area contributed by atoms with Crippen LogP contribution < -0.4 is 4.74 Å². The van der Waals surface area contributed by atoms with Crippen molar-refractivity contribution in [3.63, 3.8) is 0 Å². The first-order valence-electron chi connectivity index (χ1n) is 11.8. The van der Waals surface area contributed by atoms with E-state index in [9.17, 15) is 17.6 Å². The zero-order valence-corrected chi connectivity index (χ0v) is 22.7. The molecule has 0 saturated carbocycles. The molecule has 4 rings (SSSR count). The van der Waals surface area contributed by atoms with Gasteiger partial charge in [0.15, 0.2) is 11.6 Å². The molecule has 1 aromatic heterocycles. The van der Waals surface area contributed by atoms with Crippen molar-refractivity contribution in [2.45, 2.75) is 23.8 Å². The molecule has 0 radical (unpaired) electrons. The van der Waals surface area contributed by atoms with Crippen LogP contribution in [0, 0.1) is 5.82 Å². The van der Waals surface area contributed by atoms with Gasteiger partial charge in [-0.1, -0.05) is 23.7 Å². The molecule has 1 unspecified atom stereocenters. The normalized spacial score (nSPS) is 15.6. The number of amides is 1. The number of hydrogen-bond donors (Lipinski definition) is 0. The van der Waals surface area contributed by atoms with E-state index in [1.165, 1.54) is 47.8 Å². The van der Waals surface area contributed by atoms with Gasteiger partial charge < -0.3 is 14.4 Å². The number of benzene rings is 2. The second kappa shape index (κ2) is 12.4. The van der Waals surface area contributed by atoms with Gasteiger partial charge in [-0.3, -0.25) is 4.79 Å². The molecule has 11 heteroatoms. The fourth-order valence-corrected chi connectivity index (χ4v) is 6.75. The minimum Gasteiger partial charge on any atom is -0.488 e. The molecule has 7 nitrogen and oxygen atoms in total. The van der Waals surface area contributed by atoms with Crippen LogP contribution in [0.25, 0.3) is 0 Å². The van der Waals surface area contributed by atoms with Crippen LogP contribution in [0.4, 0.5) is 4.39 Å². The minimum absolute atomic E-state index is 0.0457. The number of carbonyl (C=O) groups excluding carboxylic acids is 1. The molecule has 37 heavy (non-hydrogen) atoms. The lowest BCUT2D eigenvalue weighted by atomic mass is 10.0. The Morgan fingerprint density at radius 2 is 1.95 bits per heavy atom. The molecule has 0 spiro atoms. The molecule has 0 N–H and O–H groups in total. The Kier molecular flexibility index (Phi) is 9.20. The molecule has 1 aliphatic heterocycles. The molecule has 2 aromatic carbocycles. The second-order valence-corrected chi connectivity index (χ2v) is 11.9. The summed E-state index contributed by atoms with van der Waals surface area (Å²) < 4.78 is 53.1. The number of rotatable bonds is 11. The highest BCUT2D eigenvalue weighted by Gasteiger charge is 2.35. The predicted octanol–water partition coefficient (Wildman–Crippen LogP) is 4.77. The summed E-state index contributed by atoms with van der Waals surface area (Å²) in [6.45, 7) is 0.569. The molecule has 0 saturated heterocycles. The summed E-state index contributed by atoms with van der Waals surface area (Å²) in [5.41, 5.74) is 0.937. The van der Waals surface area contributed by atoms with Crippen LogP contribution >= 0.6 is 22.9 Å². The number of methoxy groups -OCH3 is 1. The van der Waals surface area contributed by atoms with Crippen molar-refractivity contribution >= 4 is 38.9 Å². The second-order valence-electron chi connectivity index (χ2n) is 8.53. The summed E-state index contributed by atoms with van der Waals surface area (Å²) in [5, 5.41) is 2.37. The molecular formula is C26H28ClFN2O5S2. The topological polar surface area (TPSA) is 76.2 Å². The van der Waals surface area contributed by atoms with Crippen LogP contribution in [-0.4, -0.2) is 63.5 Å². The quantitative estimate of drug-likeness (QED) is 0.312. The summed E-state index contributed by atoms with van der Waals surface area (Å²) in [4.78, 5) is 16.5. The minimum atomic E-state index is -3.97. The van der Waals surface area contributed by atoms with Crippen molar-refractivity contribution in [2.75, 3.05) is 40.0 Å². The maximum absolute atomic E-state index is 14.2. The Labute approximate surface area is 225 Å². The van der Waals surface area contributed by atoms with Crippen LogP contribution in [-0.2, 0) is 26.0 Å². The number of ether oxygens (including phenoxy) is 2. The van der Waals surface area contributed by atoms with E-state index in [4.69, 9.17) is 21.1 Å². The van der Waals surface area contributed by atoms with E-state index >= 15 is 0 Å². The van der Waals surface area contributed by atoms with Gasteiger partial charge in [-0.05, 0) is 66.2 Å². The zero-order chi connectivity index (χ0) is 26.4. The smallest absolute Gasteiger partial charge is 0.243 e. The van der Waals surface area contributed by atoms with Gasteiger partial charge >= 0.3 is 0 Å². The molecule has 198 valence electrons. The molecule has 1 amide bonds. The first kappa shape index (κ1) is 27.5. The molecule has 2 heterocycles. The average molecular weight is 567 g/mol. The highest BCUT2D eigenvalue weighted by Crippen LogP contribution is 2.34. The Morgan fingerprint density at radius 3 is 2.68 bits per heavy atom. The van der Waals surface area contributed by atoms with E-state index in [0.29, 0.717) is 31.0 Å². The standard InChI is InChI=1S/C26H28ClFN2O5S2/c1-34-15-4-13-29(37(32,33)20-9-7-19(27)8-10-20)17-26(31)30-14-11-25-21(12-16-36-25)23(30)18-35-24-6-3-2-5-22(24)28/h2-3,5-10,12,16,23H,4,11,13-15,17-18H2,1H3. The first-order chi connectivity index (χ1) is 17.8. The number of carbonyl (C=O) groups is 1. The number of hydrogen-bond acceptors (Lipinski definition) is 6. The fraction of sp³-hybridized carbons (Fsp3) is 0.346. The third-order valence-electron chi connectivity index (χ3n) is 6.17. The van der Waals surface area contributed by atoms with Gasteiger partial charge in [0.1, 0.15) is 6.61 Å². The van der Waals surface area contributed by atoms with Crippen LogP contribution in [0.3, 0.4) is 0 Å². The van der Waals surface area contributed by atoms with Gasteiger partial charge in [-0.15, -0.1) is 11.3 Å². The van der Waals surface area contributed by atoms with Crippen LogP contribution in [0.2, 0.25) is 5.02 Å². The molecule has 1 aliphatic rings. The molecule has 0 aliphatic carbocycles. The molecule has 0 fully saturated rings. The van der Waals surface area contributed by atoms with E-state index in [1.54, 1.807) is 28.4 Å². The van der Waals surface area contributed by atoms with Crippen molar-refractivity contribution in [1.82, 2.24) is 9.21 Å². The summed E-state index contributed by atoms with van der Waals surface area (Å²) in [7, 11) is -2.43. The molecule has 1 atom stereocenters. The average Bonchev–Trinajstić information content (AvgIpc) is 3.37. The number of fused-ring (bicyclic) bond motifs is 1. The van der Waals surface area contributed by atoms with Crippen LogP contribution in [0.5, 0.6) is 5.75 Å². The molecule has 0 bridgehead atoms. The highest BCUT2D eigenvalue weighted by atomic mass is 35.5. The summed E-state index contributed by atoms with van der Waals surface area (Å²) >= 11 is 7.54. The van der Waals surface area contributed by atoms with Gasteiger partial charge in [-0.25, -0.2) is 12.8 Å². The van der Waals surface area contributed by atoms with Crippen molar-refractivity contribution in [2.24, 2.45) is 0 Å². The number of halogens is 2. The van der Waals surface area contributed by atoms with E-state index in [-0.39, 0.29) is 36.2 Å².